The highest BCUT2D eigenvalue weighted by Crippen LogP contribution is 2.10. The Morgan fingerprint density at radius 3 is 2.68 bits per heavy atom. The lowest BCUT2D eigenvalue weighted by atomic mass is 10.2. The van der Waals surface area contributed by atoms with Gasteiger partial charge in [-0.05, 0) is 33.1 Å². The average Bonchev–Trinajstić information content (AvgIpc) is 2.51. The van der Waals surface area contributed by atoms with Gasteiger partial charge in [-0.2, -0.15) is 0 Å². The van der Waals surface area contributed by atoms with Crippen LogP contribution in [0.5, 0.6) is 0 Å². The molecule has 2 rings (SSSR count). The van der Waals surface area contributed by atoms with E-state index in [-0.39, 0.29) is 23.4 Å². The van der Waals surface area contributed by atoms with Gasteiger partial charge < -0.3 is 9.47 Å². The van der Waals surface area contributed by atoms with Gasteiger partial charge in [0.05, 0.1) is 19.3 Å². The summed E-state index contributed by atoms with van der Waals surface area (Å²) in [4.78, 5) is 24.6. The van der Waals surface area contributed by atoms with Crippen LogP contribution in [0.4, 0.5) is 0 Å². The number of hydrogen-bond donors (Lipinski definition) is 0. The molecule has 1 unspecified atom stereocenters. The smallest absolute Gasteiger partial charge is 0.331 e. The monoisotopic (exact) mass is 310 g/mol. The first kappa shape index (κ1) is 17.0. The number of aryl methyl sites for hydroxylation is 1. The van der Waals surface area contributed by atoms with Crippen LogP contribution in [0.25, 0.3) is 0 Å². The zero-order chi connectivity index (χ0) is 16.1. The summed E-state index contributed by atoms with van der Waals surface area (Å²) in [6, 6.07) is 1.44. The second kappa shape index (κ2) is 7.74. The zero-order valence-corrected chi connectivity index (χ0v) is 13.7. The van der Waals surface area contributed by atoms with Gasteiger partial charge in [-0.1, -0.05) is 6.92 Å². The van der Waals surface area contributed by atoms with Gasteiger partial charge in [-0.3, -0.25) is 13.9 Å². The predicted molar refractivity (Wildman–Crippen MR) is 84.5 cm³/mol. The number of rotatable bonds is 6. The van der Waals surface area contributed by atoms with Crippen molar-refractivity contribution in [1.82, 2.24) is 9.13 Å². The van der Waals surface area contributed by atoms with Gasteiger partial charge in [0.25, 0.3) is 5.56 Å². The third-order valence-corrected chi connectivity index (χ3v) is 4.30. The molecule has 0 aliphatic carbocycles. The molecule has 0 amide bonds. The van der Waals surface area contributed by atoms with Crippen LogP contribution in [0.3, 0.4) is 0 Å². The van der Waals surface area contributed by atoms with Gasteiger partial charge in [-0.25, -0.2) is 4.79 Å². The Bertz CT molecular complexity index is 599. The molecule has 1 fully saturated rings. The maximum absolute atomic E-state index is 12.5. The highest BCUT2D eigenvalue weighted by atomic mass is 16.5. The summed E-state index contributed by atoms with van der Waals surface area (Å²) >= 11 is 0. The molecule has 124 valence electrons. The summed E-state index contributed by atoms with van der Waals surface area (Å²) in [7, 11) is 0. The van der Waals surface area contributed by atoms with Gasteiger partial charge in [0.2, 0.25) is 0 Å². The average molecular weight is 310 g/mol. The lowest BCUT2D eigenvalue weighted by Crippen LogP contribution is -2.42. The van der Waals surface area contributed by atoms with Gasteiger partial charge in [0, 0.05) is 31.0 Å². The van der Waals surface area contributed by atoms with Crippen molar-refractivity contribution in [3.05, 3.63) is 32.6 Å². The second-order valence-electron chi connectivity index (χ2n) is 5.87. The second-order valence-corrected chi connectivity index (χ2v) is 5.87. The first-order valence-corrected chi connectivity index (χ1v) is 8.07. The first-order chi connectivity index (χ1) is 10.5. The molecule has 0 saturated carbocycles. The van der Waals surface area contributed by atoms with Crippen LogP contribution in [0.2, 0.25) is 0 Å². The Morgan fingerprint density at radius 1 is 1.36 bits per heavy atom. The van der Waals surface area contributed by atoms with Crippen molar-refractivity contribution in [2.75, 3.05) is 19.8 Å². The fourth-order valence-electron chi connectivity index (χ4n) is 2.71. The lowest BCUT2D eigenvalue weighted by Gasteiger charge is -2.23. The van der Waals surface area contributed by atoms with Crippen LogP contribution in [0.1, 0.15) is 44.8 Å². The zero-order valence-electron chi connectivity index (χ0n) is 13.7. The maximum atomic E-state index is 12.5. The molecule has 0 bridgehead atoms. The van der Waals surface area contributed by atoms with Crippen molar-refractivity contribution in [3.8, 4) is 0 Å². The Labute approximate surface area is 130 Å². The number of aromatic nitrogens is 2. The first-order valence-electron chi connectivity index (χ1n) is 8.07. The molecular weight excluding hydrogens is 284 g/mol. The summed E-state index contributed by atoms with van der Waals surface area (Å²) in [5, 5.41) is 0. The fourth-order valence-corrected chi connectivity index (χ4v) is 2.71. The van der Waals surface area contributed by atoms with Gasteiger partial charge in [0.1, 0.15) is 0 Å². The Hall–Kier alpha value is -1.40. The molecule has 22 heavy (non-hydrogen) atoms. The molecule has 1 atom stereocenters. The Balaban J connectivity index is 2.09. The van der Waals surface area contributed by atoms with Crippen molar-refractivity contribution in [1.29, 1.82) is 0 Å². The van der Waals surface area contributed by atoms with E-state index in [4.69, 9.17) is 9.47 Å². The highest BCUT2D eigenvalue weighted by Gasteiger charge is 2.16. The summed E-state index contributed by atoms with van der Waals surface area (Å²) < 4.78 is 14.1. The number of nitrogens with zero attached hydrogens (tertiary/aromatic N) is 2. The molecule has 0 spiro atoms. The van der Waals surface area contributed by atoms with E-state index in [2.05, 4.69) is 0 Å². The van der Waals surface area contributed by atoms with E-state index in [1.54, 1.807) is 11.5 Å². The summed E-state index contributed by atoms with van der Waals surface area (Å²) in [6.07, 6.45) is 2.77. The third-order valence-electron chi connectivity index (χ3n) is 4.30. The minimum absolute atomic E-state index is 0.0942. The van der Waals surface area contributed by atoms with Crippen LogP contribution in [0, 0.1) is 6.92 Å². The summed E-state index contributed by atoms with van der Waals surface area (Å²) in [5.74, 6) is 0. The normalized spacial score (nSPS) is 17.6. The third kappa shape index (κ3) is 3.87. The molecule has 1 aliphatic rings. The molecule has 0 aromatic carbocycles. The molecular formula is C16H26N2O4. The van der Waals surface area contributed by atoms with E-state index in [1.807, 2.05) is 13.8 Å². The van der Waals surface area contributed by atoms with Gasteiger partial charge in [0.15, 0.2) is 0 Å². The molecule has 6 heteroatoms. The predicted octanol–water partition coefficient (Wildman–Crippen LogP) is 1.49. The van der Waals surface area contributed by atoms with Crippen molar-refractivity contribution in [2.24, 2.45) is 0 Å². The van der Waals surface area contributed by atoms with Crippen LogP contribution in [-0.4, -0.2) is 35.1 Å². The number of hydrogen-bond acceptors (Lipinski definition) is 4. The van der Waals surface area contributed by atoms with Gasteiger partial charge >= 0.3 is 5.69 Å². The van der Waals surface area contributed by atoms with E-state index in [0.717, 1.165) is 32.5 Å². The number of ether oxygens (including phenoxy) is 2. The van der Waals surface area contributed by atoms with Crippen LogP contribution in [0.15, 0.2) is 15.7 Å². The van der Waals surface area contributed by atoms with E-state index in [0.29, 0.717) is 18.8 Å². The van der Waals surface area contributed by atoms with Crippen LogP contribution >= 0.6 is 0 Å². The fraction of sp³-hybridized carbons (Fsp3) is 0.750. The standard InChI is InChI=1S/C16H26N2O4/c1-4-12(2)18-15(19)11-13(3)17(16(18)20)7-10-22-14-5-8-21-9-6-14/h11-12,14H,4-10H2,1-3H3. The topological polar surface area (TPSA) is 62.5 Å². The summed E-state index contributed by atoms with van der Waals surface area (Å²) in [5.41, 5.74) is 0.221. The molecule has 0 radical (unpaired) electrons. The van der Waals surface area contributed by atoms with Crippen molar-refractivity contribution < 1.29 is 9.47 Å². The van der Waals surface area contributed by atoms with Crippen LogP contribution < -0.4 is 11.2 Å². The molecule has 0 N–H and O–H groups in total. The van der Waals surface area contributed by atoms with E-state index >= 15 is 0 Å². The SMILES string of the molecule is CCC(C)n1c(=O)cc(C)n(CCOC2CCOCC2)c1=O. The Kier molecular flexibility index (Phi) is 5.97. The van der Waals surface area contributed by atoms with Gasteiger partial charge in [-0.15, -0.1) is 0 Å². The summed E-state index contributed by atoms with van der Waals surface area (Å²) in [6.45, 7) is 8.07. The minimum atomic E-state index is -0.241. The van der Waals surface area contributed by atoms with Crippen molar-refractivity contribution in [2.45, 2.75) is 58.7 Å². The minimum Gasteiger partial charge on any atom is -0.381 e. The van der Waals surface area contributed by atoms with Crippen molar-refractivity contribution in [3.63, 3.8) is 0 Å². The lowest BCUT2D eigenvalue weighted by molar-refractivity contribution is -0.0342. The maximum Gasteiger partial charge on any atom is 0.331 e. The van der Waals surface area contributed by atoms with E-state index < -0.39 is 0 Å². The Morgan fingerprint density at radius 2 is 2.05 bits per heavy atom. The quantitative estimate of drug-likeness (QED) is 0.798. The largest absolute Gasteiger partial charge is 0.381 e. The molecule has 1 aromatic heterocycles. The van der Waals surface area contributed by atoms with E-state index in [9.17, 15) is 9.59 Å². The molecule has 6 nitrogen and oxygen atoms in total. The van der Waals surface area contributed by atoms with Crippen LogP contribution in [-0.2, 0) is 16.0 Å². The molecule has 1 aliphatic heterocycles. The molecule has 1 aromatic rings. The molecule has 1 saturated heterocycles. The highest BCUT2D eigenvalue weighted by molar-refractivity contribution is 5.01. The van der Waals surface area contributed by atoms with Crippen molar-refractivity contribution >= 4 is 0 Å². The molecule has 2 heterocycles. The van der Waals surface area contributed by atoms with E-state index in [1.165, 1.54) is 10.6 Å².